The van der Waals surface area contributed by atoms with Crippen LogP contribution in [0.1, 0.15) is 70.0 Å². The number of hydrogen-bond acceptors (Lipinski definition) is 9. The molecule has 0 atom stereocenters. The maximum absolute atomic E-state index is 14.4. The molecule has 19 aromatic rings. The number of hydrogen-bond donors (Lipinski definition) is 0. The van der Waals surface area contributed by atoms with Gasteiger partial charge >= 0.3 is 17.9 Å². The molecule has 0 N–H and O–H groups in total. The van der Waals surface area contributed by atoms with E-state index < -0.39 is 23.3 Å². The summed E-state index contributed by atoms with van der Waals surface area (Å²) < 4.78 is 19.1. The highest BCUT2D eigenvalue weighted by Gasteiger charge is 2.39. The molecule has 19 aromatic carbocycles. The van der Waals surface area contributed by atoms with E-state index in [1.807, 2.05) is 166 Å². The smallest absolute Gasteiger partial charge is 0.343 e. The Kier molecular flexibility index (Phi) is 21.9. The minimum atomic E-state index is -0.978. The van der Waals surface area contributed by atoms with E-state index in [2.05, 4.69) is 318 Å². The van der Waals surface area contributed by atoms with E-state index in [4.69, 9.17) is 14.2 Å². The van der Waals surface area contributed by atoms with Gasteiger partial charge < -0.3 is 28.9 Å². The summed E-state index contributed by atoms with van der Waals surface area (Å²) >= 11 is 0. The zero-order valence-corrected chi connectivity index (χ0v) is 69.2. The van der Waals surface area contributed by atoms with E-state index in [0.717, 1.165) is 140 Å². The van der Waals surface area contributed by atoms with Gasteiger partial charge in [-0.1, -0.05) is 285 Å². The molecule has 0 aromatic heterocycles. The number of rotatable bonds is 23. The number of esters is 3. The van der Waals surface area contributed by atoms with Crippen LogP contribution in [0, 0.1) is 20.8 Å². The fraction of sp³-hybridized carbons (Fsp3) is 0.0431. The van der Waals surface area contributed by atoms with Gasteiger partial charge in [0.05, 0.1) is 16.7 Å². The molecule has 0 saturated heterocycles. The molecule has 0 bridgehead atoms. The number of fused-ring (bicyclic) bond motifs is 3. The maximum Gasteiger partial charge on any atom is 0.343 e. The largest absolute Gasteiger partial charge is 0.423 e. The predicted molar refractivity (Wildman–Crippen MR) is 511 cm³/mol. The second kappa shape index (κ2) is 34.8. The van der Waals surface area contributed by atoms with Crippen LogP contribution in [0.3, 0.4) is 0 Å². The molecule has 0 radical (unpaired) electrons. The third kappa shape index (κ3) is 16.6. The average Bonchev–Trinajstić information content (AvgIpc) is 0.734. The Balaban J connectivity index is 0.602. The van der Waals surface area contributed by atoms with Gasteiger partial charge in [-0.2, -0.15) is 0 Å². The van der Waals surface area contributed by atoms with E-state index in [0.29, 0.717) is 40.4 Å². The fourth-order valence-corrected chi connectivity index (χ4v) is 17.1. The first-order chi connectivity index (χ1) is 61.4. The maximum atomic E-state index is 14.4. The molecule has 19 rings (SSSR count). The number of carbonyl (C=O) groups excluding carboxylic acids is 3. The summed E-state index contributed by atoms with van der Waals surface area (Å²) in [4.78, 5) is 50.1. The Morgan fingerprint density at radius 3 is 0.704 bits per heavy atom. The molecule has 0 aliphatic heterocycles. The first kappa shape index (κ1) is 78.6. The molecule has 0 amide bonds. The van der Waals surface area contributed by atoms with Gasteiger partial charge in [0.1, 0.15) is 17.2 Å². The Bertz CT molecular complexity index is 6500. The summed E-state index contributed by atoms with van der Waals surface area (Å²) in [6.45, 7) is 5.87. The van der Waals surface area contributed by atoms with Crippen LogP contribution in [-0.2, 0) is 11.8 Å². The Labute approximate surface area is 727 Å². The summed E-state index contributed by atoms with van der Waals surface area (Å²) in [5, 5.41) is 7.03. The Morgan fingerprint density at radius 2 is 0.440 bits per heavy atom. The van der Waals surface area contributed by atoms with Crippen LogP contribution in [0.15, 0.2) is 449 Å². The standard InChI is InChI=1S/C116H85N3O6/c1-79-72-98(57-69-110(79)123-113(120)92-42-36-86(37-43-92)89-48-60-104(61-49-89)117(101-30-10-5-11-31-101)107-66-54-83-24-16-19-27-95(83)75-107)116(78-82-22-8-4-9-23-82,99-58-70-111(80(2)73-99)124-114(121)93-44-38-87(39-45-93)90-50-62-105(63-51-90)118(102-32-12-6-13-33-102)108-67-55-84-25-17-20-28-96(84)76-108)100-59-71-112(81(3)74-100)125-115(122)94-46-40-88(41-47-94)91-52-64-106(65-53-91)119(103-34-14-7-15-35-103)109-68-56-85-26-18-21-29-97(85)77-109/h4-77H,78H2,1-3H3. The zero-order chi connectivity index (χ0) is 84.7. The van der Waals surface area contributed by atoms with Crippen LogP contribution in [0.5, 0.6) is 17.2 Å². The lowest BCUT2D eigenvalue weighted by atomic mass is 9.65. The molecule has 0 unspecified atom stereocenters. The van der Waals surface area contributed by atoms with Crippen LogP contribution >= 0.6 is 0 Å². The van der Waals surface area contributed by atoms with Gasteiger partial charge in [0.25, 0.3) is 0 Å². The Morgan fingerprint density at radius 1 is 0.216 bits per heavy atom. The van der Waals surface area contributed by atoms with Crippen molar-refractivity contribution in [3.05, 3.63) is 505 Å². The van der Waals surface area contributed by atoms with Gasteiger partial charge in [-0.05, 0) is 296 Å². The highest BCUT2D eigenvalue weighted by molar-refractivity contribution is 5.96. The minimum absolute atomic E-state index is 0.400. The van der Waals surface area contributed by atoms with E-state index in [-0.39, 0.29) is 0 Å². The monoisotopic (exact) mass is 1620 g/mol. The van der Waals surface area contributed by atoms with E-state index in [1.54, 1.807) is 0 Å². The van der Waals surface area contributed by atoms with Crippen molar-refractivity contribution in [2.45, 2.75) is 32.6 Å². The fourth-order valence-electron chi connectivity index (χ4n) is 17.1. The number of carbonyl (C=O) groups is 3. The summed E-state index contributed by atoms with van der Waals surface area (Å²) in [6, 6.07) is 152. The van der Waals surface area contributed by atoms with Crippen molar-refractivity contribution in [3.63, 3.8) is 0 Å². The van der Waals surface area contributed by atoms with Crippen molar-refractivity contribution < 1.29 is 28.6 Å². The first-order valence-corrected chi connectivity index (χ1v) is 42.0. The van der Waals surface area contributed by atoms with Crippen molar-refractivity contribution in [1.82, 2.24) is 0 Å². The lowest BCUT2D eigenvalue weighted by molar-refractivity contribution is 0.0724. The lowest BCUT2D eigenvalue weighted by Gasteiger charge is -2.37. The van der Waals surface area contributed by atoms with Gasteiger partial charge in [-0.25, -0.2) is 14.4 Å². The third-order valence-corrected chi connectivity index (χ3v) is 23.7. The quantitative estimate of drug-likeness (QED) is 0.0353. The van der Waals surface area contributed by atoms with Gasteiger partial charge in [0.15, 0.2) is 0 Å². The van der Waals surface area contributed by atoms with E-state index in [9.17, 15) is 14.4 Å². The Hall–Kier alpha value is -16.2. The number of nitrogens with zero attached hydrogens (tertiary/aromatic N) is 3. The molecule has 0 aliphatic rings. The first-order valence-electron chi connectivity index (χ1n) is 42.0. The van der Waals surface area contributed by atoms with Gasteiger partial charge in [0, 0.05) is 56.6 Å². The predicted octanol–water partition coefficient (Wildman–Crippen LogP) is 29.7. The molecule has 0 heterocycles. The van der Waals surface area contributed by atoms with Crippen molar-refractivity contribution in [3.8, 4) is 50.6 Å². The van der Waals surface area contributed by atoms with Crippen LogP contribution in [0.25, 0.3) is 65.7 Å². The SMILES string of the molecule is Cc1cc(C(Cc2ccccc2)(c2ccc(OC(=O)c3ccc(-c4ccc(N(c5ccccc5)c5ccc6ccccc6c5)cc4)cc3)c(C)c2)c2ccc(OC(=O)c3ccc(-c4ccc(N(c5ccccc5)c5ccc6ccccc6c5)cc4)cc3)c(C)c2)ccc1OC(=O)c1ccc(-c2ccc(N(c3ccccc3)c3ccc4ccccc4c3)cc2)cc1. The lowest BCUT2D eigenvalue weighted by Crippen LogP contribution is -2.33. The molecule has 0 saturated carbocycles. The normalized spacial score (nSPS) is 11.3. The van der Waals surface area contributed by atoms with Crippen molar-refractivity contribution in [1.29, 1.82) is 0 Å². The number of aryl methyl sites for hydroxylation is 3. The summed E-state index contributed by atoms with van der Waals surface area (Å²) in [5.74, 6) is -0.275. The van der Waals surface area contributed by atoms with Crippen LogP contribution in [0.4, 0.5) is 51.2 Å². The number of ether oxygens (including phenoxy) is 3. The average molecular weight is 1620 g/mol. The molecule has 0 fully saturated rings. The highest BCUT2D eigenvalue weighted by atomic mass is 16.5. The van der Waals surface area contributed by atoms with E-state index in [1.165, 1.54) is 16.2 Å². The molecule has 9 heteroatoms. The molecule has 0 spiro atoms. The van der Waals surface area contributed by atoms with Crippen LogP contribution in [-0.4, -0.2) is 17.9 Å². The second-order valence-electron chi connectivity index (χ2n) is 31.7. The van der Waals surface area contributed by atoms with Crippen LogP contribution in [0.2, 0.25) is 0 Å². The van der Waals surface area contributed by atoms with Gasteiger partial charge in [-0.3, -0.25) is 0 Å². The minimum Gasteiger partial charge on any atom is -0.423 e. The van der Waals surface area contributed by atoms with Crippen molar-refractivity contribution in [2.24, 2.45) is 0 Å². The number of para-hydroxylation sites is 3. The number of anilines is 9. The molecular weight excluding hydrogens is 1530 g/mol. The molecular formula is C116H85N3O6. The topological polar surface area (TPSA) is 88.6 Å². The third-order valence-electron chi connectivity index (χ3n) is 23.7. The summed E-state index contributed by atoms with van der Waals surface area (Å²) in [5.41, 5.74) is 21.3. The van der Waals surface area contributed by atoms with Gasteiger partial charge in [0.2, 0.25) is 0 Å². The molecule has 0 aliphatic carbocycles. The zero-order valence-electron chi connectivity index (χ0n) is 69.2. The van der Waals surface area contributed by atoms with Gasteiger partial charge in [-0.15, -0.1) is 0 Å². The molecule has 125 heavy (non-hydrogen) atoms. The van der Waals surface area contributed by atoms with E-state index >= 15 is 0 Å². The second-order valence-corrected chi connectivity index (χ2v) is 31.7. The van der Waals surface area contributed by atoms with Crippen LogP contribution < -0.4 is 28.9 Å². The number of benzene rings is 19. The summed E-state index contributed by atoms with van der Waals surface area (Å²) in [6.07, 6.45) is 0.462. The highest BCUT2D eigenvalue weighted by Crippen LogP contribution is 2.48. The summed E-state index contributed by atoms with van der Waals surface area (Å²) in [7, 11) is 0. The van der Waals surface area contributed by atoms with Crippen molar-refractivity contribution in [2.75, 3.05) is 14.7 Å². The molecule has 600 valence electrons. The van der Waals surface area contributed by atoms with Crippen molar-refractivity contribution >= 4 is 101 Å². The molecule has 9 nitrogen and oxygen atoms in total.